The normalized spacial score (nSPS) is 11.5. The molecule has 0 atom stereocenters. The fraction of sp³-hybridized carbons (Fsp3) is 0.235. The highest BCUT2D eigenvalue weighted by atomic mass is 16.5. The second-order valence-corrected chi connectivity index (χ2v) is 5.20. The van der Waals surface area contributed by atoms with Crippen LogP contribution < -0.4 is 10.5 Å². The molecule has 120 valence electrons. The van der Waals surface area contributed by atoms with E-state index in [2.05, 4.69) is 4.98 Å². The van der Waals surface area contributed by atoms with Crippen LogP contribution in [0.2, 0.25) is 0 Å². The number of carboxylic acids is 1. The van der Waals surface area contributed by atoms with E-state index in [0.29, 0.717) is 23.7 Å². The number of hydrogen-bond donors (Lipinski definition) is 2. The van der Waals surface area contributed by atoms with Crippen molar-refractivity contribution in [3.63, 3.8) is 0 Å². The number of benzene rings is 1. The highest BCUT2D eigenvalue weighted by molar-refractivity contribution is 5.76. The maximum atomic E-state index is 11.0. The number of ether oxygens (including phenoxy) is 1. The predicted octanol–water partition coefficient (Wildman–Crippen LogP) is 2.07. The summed E-state index contributed by atoms with van der Waals surface area (Å²) >= 11 is 0. The minimum atomic E-state index is -0.866. The van der Waals surface area contributed by atoms with E-state index in [9.17, 15) is 9.59 Å². The van der Waals surface area contributed by atoms with Gasteiger partial charge in [0.25, 0.3) is 0 Å². The molecule has 0 bridgehead atoms. The Morgan fingerprint density at radius 1 is 1.17 bits per heavy atom. The van der Waals surface area contributed by atoms with Crippen molar-refractivity contribution in [2.24, 2.45) is 5.73 Å². The maximum Gasteiger partial charge on any atom is 0.307 e. The van der Waals surface area contributed by atoms with Crippen molar-refractivity contribution in [3.8, 4) is 11.6 Å². The summed E-state index contributed by atoms with van der Waals surface area (Å²) in [5.74, 6) is -0.181. The van der Waals surface area contributed by atoms with E-state index >= 15 is 0 Å². The number of nitrogens with two attached hydrogens (primary N) is 1. The number of hydrogen-bond acceptors (Lipinski definition) is 4. The van der Waals surface area contributed by atoms with E-state index < -0.39 is 11.9 Å². The number of nitrogens with zero attached hydrogens (tertiary/aromatic N) is 1. The van der Waals surface area contributed by atoms with E-state index in [4.69, 9.17) is 15.6 Å². The van der Waals surface area contributed by atoms with Crippen molar-refractivity contribution in [1.82, 2.24) is 4.98 Å². The van der Waals surface area contributed by atoms with Crippen LogP contribution in [0.25, 0.3) is 0 Å². The highest BCUT2D eigenvalue weighted by Gasteiger charge is 2.19. The molecule has 3 N–H and O–H groups in total. The summed E-state index contributed by atoms with van der Waals surface area (Å²) in [6.45, 7) is 0. The van der Waals surface area contributed by atoms with Crippen molar-refractivity contribution >= 4 is 11.9 Å². The molecule has 1 aromatic carbocycles. The Morgan fingerprint density at radius 3 is 2.65 bits per heavy atom. The third kappa shape index (κ3) is 3.66. The number of rotatable bonds is 4. The molecule has 0 fully saturated rings. The summed E-state index contributed by atoms with van der Waals surface area (Å²) in [5.41, 5.74) is 8.29. The summed E-state index contributed by atoms with van der Waals surface area (Å²) in [5, 5.41) is 8.85. The SMILES string of the molecule is C.NC(=O)Cc1ccc2c(n1)Oc1ccc(CC(=O)O)cc1C2. The largest absolute Gasteiger partial charge is 0.481 e. The summed E-state index contributed by atoms with van der Waals surface area (Å²) in [6, 6.07) is 8.92. The van der Waals surface area contributed by atoms with Crippen molar-refractivity contribution in [3.05, 3.63) is 52.7 Å². The molecule has 0 saturated carbocycles. The van der Waals surface area contributed by atoms with Gasteiger partial charge in [-0.05, 0) is 23.3 Å². The first-order valence-electron chi connectivity index (χ1n) is 6.80. The molecule has 2 aromatic rings. The van der Waals surface area contributed by atoms with Crippen LogP contribution in [-0.2, 0) is 28.9 Å². The van der Waals surface area contributed by atoms with Crippen LogP contribution in [0.4, 0.5) is 0 Å². The minimum Gasteiger partial charge on any atom is -0.481 e. The molecule has 1 aliphatic heterocycles. The van der Waals surface area contributed by atoms with Crippen LogP contribution in [0.1, 0.15) is 29.8 Å². The number of fused-ring (bicyclic) bond motifs is 2. The van der Waals surface area contributed by atoms with Gasteiger partial charge >= 0.3 is 5.97 Å². The van der Waals surface area contributed by atoms with Gasteiger partial charge in [0, 0.05) is 12.0 Å². The molecular formula is C17H18N2O4. The lowest BCUT2D eigenvalue weighted by atomic mass is 9.99. The average molecular weight is 314 g/mol. The number of carbonyl (C=O) groups excluding carboxylic acids is 1. The molecule has 3 rings (SSSR count). The highest BCUT2D eigenvalue weighted by Crippen LogP contribution is 2.35. The Labute approximate surface area is 133 Å². The van der Waals surface area contributed by atoms with Crippen LogP contribution >= 0.6 is 0 Å². The molecule has 0 aliphatic carbocycles. The maximum absolute atomic E-state index is 11.0. The van der Waals surface area contributed by atoms with Crippen LogP contribution in [-0.4, -0.2) is 22.0 Å². The van der Waals surface area contributed by atoms with Crippen molar-refractivity contribution in [2.75, 3.05) is 0 Å². The summed E-state index contributed by atoms with van der Waals surface area (Å²) in [7, 11) is 0. The predicted molar refractivity (Wildman–Crippen MR) is 84.5 cm³/mol. The monoisotopic (exact) mass is 314 g/mol. The fourth-order valence-electron chi connectivity index (χ4n) is 2.47. The Bertz CT molecular complexity index is 706. The molecule has 6 heteroatoms. The first-order chi connectivity index (χ1) is 10.5. The first-order valence-corrected chi connectivity index (χ1v) is 6.80. The second-order valence-electron chi connectivity index (χ2n) is 5.20. The van der Waals surface area contributed by atoms with Crippen molar-refractivity contribution in [1.29, 1.82) is 0 Å². The molecule has 2 heterocycles. The zero-order valence-electron chi connectivity index (χ0n) is 11.7. The molecule has 0 saturated heterocycles. The topological polar surface area (TPSA) is 103 Å². The number of amides is 1. The second kappa shape index (κ2) is 6.48. The van der Waals surface area contributed by atoms with E-state index in [-0.39, 0.29) is 20.3 Å². The van der Waals surface area contributed by atoms with Crippen LogP contribution in [0, 0.1) is 0 Å². The van der Waals surface area contributed by atoms with Gasteiger partial charge in [-0.1, -0.05) is 25.6 Å². The van der Waals surface area contributed by atoms with Gasteiger partial charge in [-0.2, -0.15) is 0 Å². The van der Waals surface area contributed by atoms with E-state index in [0.717, 1.165) is 16.7 Å². The van der Waals surface area contributed by atoms with E-state index in [1.807, 2.05) is 12.1 Å². The number of carboxylic acid groups (broad SMARTS) is 1. The number of aliphatic carboxylic acids is 1. The average Bonchev–Trinajstić information content (AvgIpc) is 2.44. The fourth-order valence-corrected chi connectivity index (χ4v) is 2.47. The smallest absolute Gasteiger partial charge is 0.307 e. The zero-order chi connectivity index (χ0) is 15.7. The standard InChI is InChI=1S/C16H14N2O4.CH4/c17-14(19)8-12-3-2-10-7-11-5-9(6-15(20)21)1-4-13(11)22-16(10)18-12;/h1-5H,6-8H2,(H2,17,19)(H,20,21);1H4. The number of aromatic nitrogens is 1. The third-order valence-corrected chi connectivity index (χ3v) is 3.42. The van der Waals surface area contributed by atoms with Gasteiger partial charge in [0.2, 0.25) is 11.8 Å². The molecule has 1 amide bonds. The Morgan fingerprint density at radius 2 is 1.96 bits per heavy atom. The molecule has 6 nitrogen and oxygen atoms in total. The minimum absolute atomic E-state index is 0. The molecule has 1 aromatic heterocycles. The number of carbonyl (C=O) groups is 2. The van der Waals surface area contributed by atoms with Gasteiger partial charge in [0.1, 0.15) is 5.75 Å². The molecule has 0 unspecified atom stereocenters. The van der Waals surface area contributed by atoms with Crippen LogP contribution in [0.15, 0.2) is 30.3 Å². The summed E-state index contributed by atoms with van der Waals surface area (Å²) in [6.07, 6.45) is 0.666. The third-order valence-electron chi connectivity index (χ3n) is 3.42. The van der Waals surface area contributed by atoms with E-state index in [1.54, 1.807) is 18.2 Å². The van der Waals surface area contributed by atoms with Gasteiger partial charge in [0.05, 0.1) is 18.5 Å². The lowest BCUT2D eigenvalue weighted by Gasteiger charge is -2.20. The molecule has 23 heavy (non-hydrogen) atoms. The Balaban J connectivity index is 0.00000192. The molecule has 1 aliphatic rings. The Hall–Kier alpha value is -2.89. The van der Waals surface area contributed by atoms with Gasteiger partial charge in [-0.15, -0.1) is 0 Å². The van der Waals surface area contributed by atoms with Gasteiger partial charge in [-0.25, -0.2) is 4.98 Å². The Kier molecular flexibility index (Phi) is 4.64. The van der Waals surface area contributed by atoms with Crippen LogP contribution in [0.5, 0.6) is 11.6 Å². The number of pyridine rings is 1. The van der Waals surface area contributed by atoms with Crippen LogP contribution in [0.3, 0.4) is 0 Å². The van der Waals surface area contributed by atoms with E-state index in [1.165, 1.54) is 0 Å². The summed E-state index contributed by atoms with van der Waals surface area (Å²) in [4.78, 5) is 26.0. The van der Waals surface area contributed by atoms with Gasteiger partial charge < -0.3 is 15.6 Å². The molecule has 0 radical (unpaired) electrons. The van der Waals surface area contributed by atoms with Gasteiger partial charge in [0.15, 0.2) is 0 Å². The quantitative estimate of drug-likeness (QED) is 0.767. The zero-order valence-corrected chi connectivity index (χ0v) is 11.7. The molecule has 0 spiro atoms. The number of primary amides is 1. The molecular weight excluding hydrogens is 296 g/mol. The lowest BCUT2D eigenvalue weighted by Crippen LogP contribution is -2.15. The first kappa shape index (κ1) is 16.5. The van der Waals surface area contributed by atoms with Gasteiger partial charge in [-0.3, -0.25) is 9.59 Å². The van der Waals surface area contributed by atoms with Crippen molar-refractivity contribution in [2.45, 2.75) is 26.7 Å². The van der Waals surface area contributed by atoms with Crippen molar-refractivity contribution < 1.29 is 19.4 Å². The summed E-state index contributed by atoms with van der Waals surface area (Å²) < 4.78 is 5.75. The lowest BCUT2D eigenvalue weighted by molar-refractivity contribution is -0.136.